The molecule has 1 nitrogen and oxygen atoms in total. The summed E-state index contributed by atoms with van der Waals surface area (Å²) in [5, 5.41) is 0.823. The Hall–Kier alpha value is -3.68. The number of rotatable bonds is 3. The summed E-state index contributed by atoms with van der Waals surface area (Å²) in [6.07, 6.45) is 0. The highest BCUT2D eigenvalue weighted by atomic mass is 35.5. The molecule has 0 N–H and O–H groups in total. The van der Waals surface area contributed by atoms with Crippen molar-refractivity contribution in [2.24, 2.45) is 0 Å². The third-order valence-corrected chi connectivity index (χ3v) is 6.94. The highest BCUT2D eigenvalue weighted by Crippen LogP contribution is 2.41. The van der Waals surface area contributed by atoms with E-state index in [0.29, 0.717) is 0 Å². The Balaban J connectivity index is 1.64. The summed E-state index contributed by atoms with van der Waals surface area (Å²) in [6.45, 7) is 0.843. The van der Waals surface area contributed by atoms with Crippen LogP contribution in [0, 0.1) is 0 Å². The molecule has 0 bridgehead atoms. The second-order valence-corrected chi connectivity index (χ2v) is 8.93. The van der Waals surface area contributed by atoms with Crippen LogP contribution >= 0.6 is 11.6 Å². The monoisotopic (exact) mass is 444 g/mol. The molecule has 5 aromatic rings. The molecule has 0 spiro atoms. The minimum Gasteiger partial charge on any atom is -0.190 e. The van der Waals surface area contributed by atoms with Gasteiger partial charge in [-0.1, -0.05) is 96.5 Å². The van der Waals surface area contributed by atoms with Crippen LogP contribution in [-0.2, 0) is 6.54 Å². The molecule has 2 heterocycles. The van der Waals surface area contributed by atoms with Crippen LogP contribution in [0.3, 0.4) is 0 Å². The second-order valence-electron chi connectivity index (χ2n) is 8.52. The molecular weight excluding hydrogens is 422 g/mol. The van der Waals surface area contributed by atoms with E-state index in [2.05, 4.69) is 114 Å². The fourth-order valence-electron chi connectivity index (χ4n) is 5.03. The van der Waals surface area contributed by atoms with Crippen LogP contribution in [0.15, 0.2) is 121 Å². The molecule has 0 aliphatic carbocycles. The minimum absolute atomic E-state index is 0.192. The predicted octanol–water partition coefficient (Wildman–Crippen LogP) is 7.77. The Morgan fingerprint density at radius 1 is 0.545 bits per heavy atom. The van der Waals surface area contributed by atoms with Crippen molar-refractivity contribution in [1.29, 1.82) is 0 Å². The van der Waals surface area contributed by atoms with E-state index in [1.807, 2.05) is 12.1 Å². The predicted molar refractivity (Wildman–Crippen MR) is 136 cm³/mol. The van der Waals surface area contributed by atoms with Crippen LogP contribution in [0.2, 0.25) is 5.02 Å². The molecule has 2 heteroatoms. The van der Waals surface area contributed by atoms with E-state index in [-0.39, 0.29) is 5.92 Å². The van der Waals surface area contributed by atoms with Crippen molar-refractivity contribution in [3.63, 3.8) is 0 Å². The first kappa shape index (κ1) is 20.0. The van der Waals surface area contributed by atoms with Crippen molar-refractivity contribution in [1.82, 2.24) is 0 Å². The zero-order valence-electron chi connectivity index (χ0n) is 18.2. The maximum absolute atomic E-state index is 6.70. The van der Waals surface area contributed by atoms with Gasteiger partial charge in [0.15, 0.2) is 6.54 Å². The maximum Gasteiger partial charge on any atom is 0.213 e. The second kappa shape index (κ2) is 8.35. The van der Waals surface area contributed by atoms with Gasteiger partial charge in [-0.05, 0) is 46.5 Å². The lowest BCUT2D eigenvalue weighted by molar-refractivity contribution is -0.679. The normalized spacial score (nSPS) is 14.4. The summed E-state index contributed by atoms with van der Waals surface area (Å²) >= 11 is 6.70. The average Bonchev–Trinajstić information content (AvgIpc) is 2.89. The summed E-state index contributed by atoms with van der Waals surface area (Å²) in [4.78, 5) is 0. The molecule has 4 aromatic carbocycles. The molecule has 1 aliphatic rings. The van der Waals surface area contributed by atoms with Gasteiger partial charge in [0.05, 0.1) is 11.5 Å². The molecule has 0 saturated carbocycles. The smallest absolute Gasteiger partial charge is 0.190 e. The molecule has 1 aromatic heterocycles. The first-order chi connectivity index (χ1) is 16.3. The van der Waals surface area contributed by atoms with Crippen molar-refractivity contribution >= 4 is 11.6 Å². The largest absolute Gasteiger partial charge is 0.213 e. The van der Waals surface area contributed by atoms with E-state index in [9.17, 15) is 0 Å². The van der Waals surface area contributed by atoms with Crippen molar-refractivity contribution in [3.05, 3.63) is 137 Å². The summed E-state index contributed by atoms with van der Waals surface area (Å²) in [6, 6.07) is 43.0. The molecule has 1 unspecified atom stereocenters. The van der Waals surface area contributed by atoms with Crippen LogP contribution in [0.25, 0.3) is 33.6 Å². The maximum atomic E-state index is 6.70. The number of halogens is 1. The zero-order chi connectivity index (χ0) is 22.2. The van der Waals surface area contributed by atoms with Crippen molar-refractivity contribution in [2.75, 3.05) is 0 Å². The Bertz CT molecular complexity index is 1420. The zero-order valence-corrected chi connectivity index (χ0v) is 18.9. The molecule has 158 valence electrons. The molecule has 0 saturated heterocycles. The fourth-order valence-corrected chi connectivity index (χ4v) is 5.29. The summed E-state index contributed by atoms with van der Waals surface area (Å²) in [5.41, 5.74) is 9.91. The van der Waals surface area contributed by atoms with Crippen LogP contribution in [0.5, 0.6) is 0 Å². The summed E-state index contributed by atoms with van der Waals surface area (Å²) < 4.78 is 2.47. The van der Waals surface area contributed by atoms with Gasteiger partial charge in [-0.25, -0.2) is 0 Å². The van der Waals surface area contributed by atoms with Crippen molar-refractivity contribution < 1.29 is 4.57 Å². The lowest BCUT2D eigenvalue weighted by Crippen LogP contribution is -2.44. The van der Waals surface area contributed by atoms with Gasteiger partial charge in [-0.2, -0.15) is 4.57 Å². The minimum atomic E-state index is 0.192. The van der Waals surface area contributed by atoms with Gasteiger partial charge in [0.25, 0.3) is 0 Å². The molecule has 6 rings (SSSR count). The van der Waals surface area contributed by atoms with E-state index in [1.54, 1.807) is 0 Å². The Morgan fingerprint density at radius 2 is 1.12 bits per heavy atom. The standard InChI is InChI=1S/C31H23ClN/c32-29-18-10-9-16-26(29)28-21-33-30(23-13-5-2-6-14-23)19-24(22-11-3-1-4-12-22)20-31(33)27-17-8-7-15-25(27)28/h1-20,28H,21H2/q+1. The summed E-state index contributed by atoms with van der Waals surface area (Å²) in [5.74, 6) is 0.192. The van der Waals surface area contributed by atoms with Crippen LogP contribution in [0.4, 0.5) is 0 Å². The molecular formula is C31H23ClN+. The van der Waals surface area contributed by atoms with E-state index in [4.69, 9.17) is 11.6 Å². The summed E-state index contributed by atoms with van der Waals surface area (Å²) in [7, 11) is 0. The van der Waals surface area contributed by atoms with Gasteiger partial charge in [-0.15, -0.1) is 0 Å². The SMILES string of the molecule is Clc1ccccc1C1C[n+]2c(-c3ccccc3)cc(-c3ccccc3)cc2-c2ccccc21. The van der Waals surface area contributed by atoms with Gasteiger partial charge in [0.1, 0.15) is 0 Å². The van der Waals surface area contributed by atoms with Gasteiger partial charge >= 0.3 is 0 Å². The number of pyridine rings is 1. The quantitative estimate of drug-likeness (QED) is 0.250. The van der Waals surface area contributed by atoms with Gasteiger partial charge in [0, 0.05) is 22.7 Å². The number of fused-ring (bicyclic) bond motifs is 3. The highest BCUT2D eigenvalue weighted by molar-refractivity contribution is 6.31. The first-order valence-electron chi connectivity index (χ1n) is 11.3. The first-order valence-corrected chi connectivity index (χ1v) is 11.7. The lowest BCUT2D eigenvalue weighted by Gasteiger charge is -2.26. The van der Waals surface area contributed by atoms with Gasteiger partial charge < -0.3 is 0 Å². The molecule has 33 heavy (non-hydrogen) atoms. The topological polar surface area (TPSA) is 3.88 Å². The number of nitrogens with zero attached hydrogens (tertiary/aromatic N) is 1. The lowest BCUT2D eigenvalue weighted by atomic mass is 9.83. The van der Waals surface area contributed by atoms with Crippen LogP contribution < -0.4 is 4.57 Å². The van der Waals surface area contributed by atoms with Crippen molar-refractivity contribution in [2.45, 2.75) is 12.5 Å². The Labute approximate surface area is 199 Å². The van der Waals surface area contributed by atoms with Gasteiger partial charge in [0.2, 0.25) is 11.4 Å². The van der Waals surface area contributed by atoms with Crippen LogP contribution in [-0.4, -0.2) is 0 Å². The number of hydrogen-bond acceptors (Lipinski definition) is 0. The molecule has 0 fully saturated rings. The number of aromatic nitrogens is 1. The number of hydrogen-bond donors (Lipinski definition) is 0. The Kier molecular flexibility index (Phi) is 5.05. The fraction of sp³-hybridized carbons (Fsp3) is 0.0645. The molecule has 1 atom stereocenters. The third kappa shape index (κ3) is 3.55. The van der Waals surface area contributed by atoms with E-state index in [0.717, 1.165) is 11.6 Å². The molecule has 0 amide bonds. The van der Waals surface area contributed by atoms with Gasteiger partial charge in [-0.3, -0.25) is 0 Å². The molecule has 1 aliphatic heterocycles. The van der Waals surface area contributed by atoms with E-state index >= 15 is 0 Å². The van der Waals surface area contributed by atoms with E-state index < -0.39 is 0 Å². The van der Waals surface area contributed by atoms with Crippen LogP contribution in [0.1, 0.15) is 17.0 Å². The van der Waals surface area contributed by atoms with E-state index in [1.165, 1.54) is 44.8 Å². The highest BCUT2D eigenvalue weighted by Gasteiger charge is 2.35. The third-order valence-electron chi connectivity index (χ3n) is 6.60. The Morgan fingerprint density at radius 3 is 1.85 bits per heavy atom. The number of benzene rings is 4. The average molecular weight is 445 g/mol. The van der Waals surface area contributed by atoms with Crippen molar-refractivity contribution in [3.8, 4) is 33.6 Å². The molecule has 0 radical (unpaired) electrons.